The SMILES string of the molecule is Cc1ccc([C@H]2CCCN2C(=O)COCc2ccccc2Cl)cc1C. The summed E-state index contributed by atoms with van der Waals surface area (Å²) in [5, 5.41) is 0.670. The fourth-order valence-electron chi connectivity index (χ4n) is 3.33. The number of hydrogen-bond donors (Lipinski definition) is 0. The van der Waals surface area contributed by atoms with Crippen LogP contribution in [0.3, 0.4) is 0 Å². The first kappa shape index (κ1) is 18.0. The molecular formula is C21H24ClNO2. The molecule has 1 saturated heterocycles. The van der Waals surface area contributed by atoms with Crippen molar-refractivity contribution in [1.82, 2.24) is 4.90 Å². The van der Waals surface area contributed by atoms with Gasteiger partial charge in [0.15, 0.2) is 0 Å². The molecule has 25 heavy (non-hydrogen) atoms. The summed E-state index contributed by atoms with van der Waals surface area (Å²) in [7, 11) is 0. The van der Waals surface area contributed by atoms with Crippen LogP contribution in [0.1, 0.15) is 41.1 Å². The Hall–Kier alpha value is -1.84. The lowest BCUT2D eigenvalue weighted by atomic mass is 9.99. The number of likely N-dealkylation sites (tertiary alicyclic amines) is 1. The minimum absolute atomic E-state index is 0.0489. The molecule has 0 radical (unpaired) electrons. The largest absolute Gasteiger partial charge is 0.367 e. The van der Waals surface area contributed by atoms with E-state index in [9.17, 15) is 4.79 Å². The maximum Gasteiger partial charge on any atom is 0.249 e. The van der Waals surface area contributed by atoms with Crippen molar-refractivity contribution in [2.75, 3.05) is 13.2 Å². The van der Waals surface area contributed by atoms with Gasteiger partial charge in [-0.25, -0.2) is 0 Å². The highest BCUT2D eigenvalue weighted by Crippen LogP contribution is 2.32. The maximum absolute atomic E-state index is 12.6. The number of benzene rings is 2. The Morgan fingerprint density at radius 1 is 1.20 bits per heavy atom. The summed E-state index contributed by atoms with van der Waals surface area (Å²) in [4.78, 5) is 14.6. The third-order valence-corrected chi connectivity index (χ3v) is 5.30. The molecule has 0 aliphatic carbocycles. The van der Waals surface area contributed by atoms with Crippen LogP contribution in [0.2, 0.25) is 5.02 Å². The molecule has 0 unspecified atom stereocenters. The molecule has 1 heterocycles. The summed E-state index contributed by atoms with van der Waals surface area (Å²) >= 11 is 6.12. The molecule has 1 atom stereocenters. The summed E-state index contributed by atoms with van der Waals surface area (Å²) in [5.74, 6) is 0.0489. The lowest BCUT2D eigenvalue weighted by Gasteiger charge is -2.25. The Bertz CT molecular complexity index is 759. The number of ether oxygens (including phenoxy) is 1. The van der Waals surface area contributed by atoms with E-state index in [1.165, 1.54) is 16.7 Å². The topological polar surface area (TPSA) is 29.5 Å². The van der Waals surface area contributed by atoms with Crippen molar-refractivity contribution in [3.63, 3.8) is 0 Å². The molecule has 0 bridgehead atoms. The van der Waals surface area contributed by atoms with E-state index in [4.69, 9.17) is 16.3 Å². The summed E-state index contributed by atoms with van der Waals surface area (Å²) < 4.78 is 5.63. The zero-order valence-electron chi connectivity index (χ0n) is 14.8. The van der Waals surface area contributed by atoms with E-state index in [0.29, 0.717) is 11.6 Å². The van der Waals surface area contributed by atoms with Gasteiger partial charge < -0.3 is 9.64 Å². The lowest BCUT2D eigenvalue weighted by molar-refractivity contribution is -0.137. The van der Waals surface area contributed by atoms with Crippen molar-refractivity contribution in [2.45, 2.75) is 39.3 Å². The van der Waals surface area contributed by atoms with E-state index in [2.05, 4.69) is 32.0 Å². The molecule has 2 aromatic rings. The zero-order chi connectivity index (χ0) is 17.8. The number of rotatable bonds is 5. The molecule has 1 amide bonds. The molecule has 3 rings (SSSR count). The van der Waals surface area contributed by atoms with Crippen molar-refractivity contribution >= 4 is 17.5 Å². The molecule has 3 nitrogen and oxygen atoms in total. The second kappa shape index (κ2) is 8.03. The summed E-state index contributed by atoms with van der Waals surface area (Å²) in [6.07, 6.45) is 2.05. The molecule has 4 heteroatoms. The van der Waals surface area contributed by atoms with Crippen molar-refractivity contribution in [3.05, 3.63) is 69.7 Å². The normalized spacial score (nSPS) is 17.1. The van der Waals surface area contributed by atoms with Gasteiger partial charge in [0.05, 0.1) is 12.6 Å². The van der Waals surface area contributed by atoms with E-state index < -0.39 is 0 Å². The fourth-order valence-corrected chi connectivity index (χ4v) is 3.52. The number of carbonyl (C=O) groups excluding carboxylic acids is 1. The van der Waals surface area contributed by atoms with Gasteiger partial charge in [0.2, 0.25) is 5.91 Å². The number of aryl methyl sites for hydroxylation is 2. The zero-order valence-corrected chi connectivity index (χ0v) is 15.6. The molecule has 0 N–H and O–H groups in total. The Balaban J connectivity index is 1.61. The van der Waals surface area contributed by atoms with Crippen LogP contribution in [0.5, 0.6) is 0 Å². The monoisotopic (exact) mass is 357 g/mol. The van der Waals surface area contributed by atoms with Crippen LogP contribution in [0, 0.1) is 13.8 Å². The first-order chi connectivity index (χ1) is 12.1. The predicted octanol–water partition coefficient (Wildman–Crippen LogP) is 4.84. The summed E-state index contributed by atoms with van der Waals surface area (Å²) in [5.41, 5.74) is 4.68. The van der Waals surface area contributed by atoms with Gasteiger partial charge in [-0.05, 0) is 55.0 Å². The van der Waals surface area contributed by atoms with Gasteiger partial charge in [-0.15, -0.1) is 0 Å². The first-order valence-electron chi connectivity index (χ1n) is 8.74. The van der Waals surface area contributed by atoms with Gasteiger partial charge in [-0.1, -0.05) is 48.0 Å². The van der Waals surface area contributed by atoms with Crippen LogP contribution in [0.4, 0.5) is 0 Å². The van der Waals surface area contributed by atoms with Crippen LogP contribution in [-0.2, 0) is 16.1 Å². The quantitative estimate of drug-likeness (QED) is 0.766. The van der Waals surface area contributed by atoms with Gasteiger partial charge in [-0.2, -0.15) is 0 Å². The highest BCUT2D eigenvalue weighted by molar-refractivity contribution is 6.31. The Morgan fingerprint density at radius 2 is 2.00 bits per heavy atom. The lowest BCUT2D eigenvalue weighted by Crippen LogP contribution is -2.33. The van der Waals surface area contributed by atoms with Gasteiger partial charge in [0, 0.05) is 11.6 Å². The Morgan fingerprint density at radius 3 is 2.76 bits per heavy atom. The number of amides is 1. The van der Waals surface area contributed by atoms with Gasteiger partial charge >= 0.3 is 0 Å². The van der Waals surface area contributed by atoms with Crippen LogP contribution >= 0.6 is 11.6 Å². The number of halogens is 1. The second-order valence-corrected chi connectivity index (χ2v) is 7.08. The minimum Gasteiger partial charge on any atom is -0.367 e. The van der Waals surface area contributed by atoms with E-state index in [1.807, 2.05) is 29.2 Å². The molecule has 2 aromatic carbocycles. The summed E-state index contributed by atoms with van der Waals surface area (Å²) in [6.45, 7) is 5.47. The number of carbonyl (C=O) groups is 1. The molecule has 0 spiro atoms. The van der Waals surface area contributed by atoms with Gasteiger partial charge in [-0.3, -0.25) is 4.79 Å². The van der Waals surface area contributed by atoms with E-state index >= 15 is 0 Å². The average molecular weight is 358 g/mol. The van der Waals surface area contributed by atoms with Crippen LogP contribution in [0.15, 0.2) is 42.5 Å². The van der Waals surface area contributed by atoms with Crippen molar-refractivity contribution in [2.24, 2.45) is 0 Å². The average Bonchev–Trinajstić information content (AvgIpc) is 3.09. The van der Waals surface area contributed by atoms with Crippen molar-refractivity contribution < 1.29 is 9.53 Å². The van der Waals surface area contributed by atoms with Crippen molar-refractivity contribution in [1.29, 1.82) is 0 Å². The first-order valence-corrected chi connectivity index (χ1v) is 9.12. The third-order valence-electron chi connectivity index (χ3n) is 4.93. The second-order valence-electron chi connectivity index (χ2n) is 6.67. The molecule has 132 valence electrons. The molecule has 1 fully saturated rings. The number of hydrogen-bond acceptors (Lipinski definition) is 2. The third kappa shape index (κ3) is 4.23. The molecule has 1 aliphatic heterocycles. The molecule has 0 aromatic heterocycles. The minimum atomic E-state index is 0.0489. The summed E-state index contributed by atoms with van der Waals surface area (Å²) in [6, 6.07) is 14.2. The van der Waals surface area contributed by atoms with E-state index in [0.717, 1.165) is 24.9 Å². The maximum atomic E-state index is 12.6. The molecular weight excluding hydrogens is 334 g/mol. The van der Waals surface area contributed by atoms with Gasteiger partial charge in [0.25, 0.3) is 0 Å². The molecule has 0 saturated carbocycles. The fraction of sp³-hybridized carbons (Fsp3) is 0.381. The Kier molecular flexibility index (Phi) is 5.77. The highest BCUT2D eigenvalue weighted by atomic mass is 35.5. The smallest absolute Gasteiger partial charge is 0.249 e. The van der Waals surface area contributed by atoms with Crippen LogP contribution in [0.25, 0.3) is 0 Å². The highest BCUT2D eigenvalue weighted by Gasteiger charge is 2.29. The van der Waals surface area contributed by atoms with E-state index in [-0.39, 0.29) is 18.6 Å². The standard InChI is InChI=1S/C21H24ClNO2/c1-15-9-10-17(12-16(15)2)20-8-5-11-23(20)21(24)14-25-13-18-6-3-4-7-19(18)22/h3-4,6-7,9-10,12,20H,5,8,11,13-14H2,1-2H3/t20-/m1/s1. The van der Waals surface area contributed by atoms with Crippen LogP contribution < -0.4 is 0 Å². The predicted molar refractivity (Wildman–Crippen MR) is 101 cm³/mol. The van der Waals surface area contributed by atoms with Crippen LogP contribution in [-0.4, -0.2) is 24.0 Å². The van der Waals surface area contributed by atoms with Crippen molar-refractivity contribution in [3.8, 4) is 0 Å². The van der Waals surface area contributed by atoms with E-state index in [1.54, 1.807) is 0 Å². The number of nitrogens with zero attached hydrogens (tertiary/aromatic N) is 1. The Labute approximate surface area is 154 Å². The molecule has 1 aliphatic rings. The van der Waals surface area contributed by atoms with Gasteiger partial charge in [0.1, 0.15) is 6.61 Å².